The summed E-state index contributed by atoms with van der Waals surface area (Å²) in [7, 11) is 3.37. The van der Waals surface area contributed by atoms with Crippen LogP contribution in [0.1, 0.15) is 35.1 Å². The number of likely N-dealkylation sites (tertiary alicyclic amines) is 1. The van der Waals surface area contributed by atoms with E-state index in [1.54, 1.807) is 32.8 Å². The molecular formula is C15H22N4O3S. The van der Waals surface area contributed by atoms with Crippen molar-refractivity contribution < 1.29 is 14.4 Å². The van der Waals surface area contributed by atoms with Gasteiger partial charge in [-0.2, -0.15) is 0 Å². The van der Waals surface area contributed by atoms with E-state index in [9.17, 15) is 14.4 Å². The summed E-state index contributed by atoms with van der Waals surface area (Å²) in [6.07, 6.45) is 1.30. The third-order valence-corrected chi connectivity index (χ3v) is 5.00. The predicted octanol–water partition coefficient (Wildman–Crippen LogP) is 1.35. The predicted molar refractivity (Wildman–Crippen MR) is 88.5 cm³/mol. The lowest BCUT2D eigenvalue weighted by molar-refractivity contribution is -0.132. The zero-order valence-corrected chi connectivity index (χ0v) is 14.7. The number of carbonyl (C=O) groups excluding carboxylic acids is 3. The lowest BCUT2D eigenvalue weighted by Crippen LogP contribution is -2.40. The van der Waals surface area contributed by atoms with E-state index >= 15 is 0 Å². The van der Waals surface area contributed by atoms with Crippen LogP contribution in [-0.4, -0.2) is 59.7 Å². The molecule has 1 fully saturated rings. The van der Waals surface area contributed by atoms with Crippen molar-refractivity contribution >= 4 is 34.2 Å². The van der Waals surface area contributed by atoms with Crippen molar-refractivity contribution in [2.45, 2.75) is 26.7 Å². The minimum absolute atomic E-state index is 0.0475. The van der Waals surface area contributed by atoms with Crippen LogP contribution in [0.4, 0.5) is 5.13 Å². The number of aryl methyl sites for hydroxylation is 1. The van der Waals surface area contributed by atoms with Gasteiger partial charge >= 0.3 is 0 Å². The molecule has 3 amide bonds. The maximum Gasteiger partial charge on any atom is 0.265 e. The summed E-state index contributed by atoms with van der Waals surface area (Å²) in [5, 5.41) is 3.26. The third kappa shape index (κ3) is 4.07. The number of anilines is 1. The van der Waals surface area contributed by atoms with Crippen molar-refractivity contribution in [2.24, 2.45) is 5.92 Å². The van der Waals surface area contributed by atoms with E-state index in [1.165, 1.54) is 16.2 Å². The largest absolute Gasteiger partial charge is 0.344 e. The second kappa shape index (κ2) is 7.08. The average Bonchev–Trinajstić information content (AvgIpc) is 2.86. The van der Waals surface area contributed by atoms with Gasteiger partial charge in [0.15, 0.2) is 5.13 Å². The Morgan fingerprint density at radius 2 is 1.87 bits per heavy atom. The Kier molecular flexibility index (Phi) is 5.35. The summed E-state index contributed by atoms with van der Waals surface area (Å²) < 4.78 is 0. The molecule has 1 saturated heterocycles. The van der Waals surface area contributed by atoms with Crippen LogP contribution in [0, 0.1) is 12.8 Å². The molecule has 2 heterocycles. The topological polar surface area (TPSA) is 82.6 Å². The maximum absolute atomic E-state index is 12.3. The number of rotatable bonds is 3. The van der Waals surface area contributed by atoms with Gasteiger partial charge in [0.05, 0.1) is 5.69 Å². The quantitative estimate of drug-likeness (QED) is 0.902. The molecule has 1 aromatic rings. The van der Waals surface area contributed by atoms with Crippen LogP contribution in [0.3, 0.4) is 0 Å². The Balaban J connectivity index is 1.98. The number of hydrogen-bond acceptors (Lipinski definition) is 5. The van der Waals surface area contributed by atoms with Crippen molar-refractivity contribution in [1.82, 2.24) is 14.8 Å². The van der Waals surface area contributed by atoms with Crippen molar-refractivity contribution in [3.8, 4) is 0 Å². The Morgan fingerprint density at radius 3 is 2.39 bits per heavy atom. The van der Waals surface area contributed by atoms with Crippen molar-refractivity contribution in [1.29, 1.82) is 0 Å². The molecule has 0 unspecified atom stereocenters. The van der Waals surface area contributed by atoms with Crippen LogP contribution in [-0.2, 0) is 9.59 Å². The number of piperidine rings is 1. The lowest BCUT2D eigenvalue weighted by atomic mass is 9.96. The van der Waals surface area contributed by atoms with Crippen LogP contribution < -0.4 is 5.32 Å². The molecule has 23 heavy (non-hydrogen) atoms. The Hall–Kier alpha value is -1.96. The first-order valence-electron chi connectivity index (χ1n) is 7.55. The third-order valence-electron chi connectivity index (χ3n) is 3.94. The zero-order chi connectivity index (χ0) is 17.1. The van der Waals surface area contributed by atoms with Crippen molar-refractivity contribution in [3.05, 3.63) is 10.6 Å². The van der Waals surface area contributed by atoms with Crippen LogP contribution >= 0.6 is 11.3 Å². The molecule has 8 heteroatoms. The van der Waals surface area contributed by atoms with Gasteiger partial charge in [-0.1, -0.05) is 11.3 Å². The highest BCUT2D eigenvalue weighted by Gasteiger charge is 2.27. The molecule has 1 N–H and O–H groups in total. The van der Waals surface area contributed by atoms with E-state index in [1.807, 2.05) is 0 Å². The van der Waals surface area contributed by atoms with Gasteiger partial charge in [-0.25, -0.2) is 4.98 Å². The monoisotopic (exact) mass is 338 g/mol. The molecule has 0 radical (unpaired) electrons. The normalized spacial score (nSPS) is 15.4. The second-order valence-electron chi connectivity index (χ2n) is 5.90. The number of nitrogens with one attached hydrogen (secondary N) is 1. The van der Waals surface area contributed by atoms with Crippen molar-refractivity contribution in [3.63, 3.8) is 0 Å². The standard InChI is InChI=1S/C15H22N4O3S/c1-9-12(14(22)18(3)4)23-15(16-9)17-13(21)11-5-7-19(8-6-11)10(2)20/h11H,5-8H2,1-4H3,(H,16,17,21). The Morgan fingerprint density at radius 1 is 1.26 bits per heavy atom. The molecular weight excluding hydrogens is 316 g/mol. The summed E-state index contributed by atoms with van der Waals surface area (Å²) in [5.74, 6) is -0.282. The smallest absolute Gasteiger partial charge is 0.265 e. The van der Waals surface area contributed by atoms with Gasteiger partial charge in [-0.05, 0) is 19.8 Å². The fourth-order valence-corrected chi connectivity index (χ4v) is 3.51. The SMILES string of the molecule is CC(=O)N1CCC(C(=O)Nc2nc(C)c(C(=O)N(C)C)s2)CC1. The van der Waals surface area contributed by atoms with E-state index < -0.39 is 0 Å². The number of nitrogens with zero attached hydrogens (tertiary/aromatic N) is 3. The summed E-state index contributed by atoms with van der Waals surface area (Å²) in [6.45, 7) is 4.51. The first-order valence-corrected chi connectivity index (χ1v) is 8.36. The van der Waals surface area contributed by atoms with Gasteiger partial charge in [0.1, 0.15) is 4.88 Å². The summed E-state index contributed by atoms with van der Waals surface area (Å²) in [4.78, 5) is 43.7. The molecule has 0 atom stereocenters. The fourth-order valence-electron chi connectivity index (χ4n) is 2.52. The molecule has 126 valence electrons. The number of thiazole rings is 1. The highest BCUT2D eigenvalue weighted by molar-refractivity contribution is 7.17. The van der Waals surface area contributed by atoms with Crippen LogP contribution in [0.5, 0.6) is 0 Å². The first-order chi connectivity index (χ1) is 10.8. The zero-order valence-electron chi connectivity index (χ0n) is 13.9. The number of aromatic nitrogens is 1. The highest BCUT2D eigenvalue weighted by Crippen LogP contribution is 2.25. The number of amides is 3. The van der Waals surface area contributed by atoms with E-state index in [-0.39, 0.29) is 23.6 Å². The number of carbonyl (C=O) groups is 3. The molecule has 0 aromatic carbocycles. The van der Waals surface area contributed by atoms with Crippen LogP contribution in [0.2, 0.25) is 0 Å². The Bertz CT molecular complexity index is 618. The maximum atomic E-state index is 12.3. The number of hydrogen-bond donors (Lipinski definition) is 1. The first kappa shape index (κ1) is 17.4. The minimum Gasteiger partial charge on any atom is -0.344 e. The summed E-state index contributed by atoms with van der Waals surface area (Å²) >= 11 is 1.19. The van der Waals surface area contributed by atoms with Crippen LogP contribution in [0.25, 0.3) is 0 Å². The summed E-state index contributed by atoms with van der Waals surface area (Å²) in [6, 6.07) is 0. The molecule has 0 bridgehead atoms. The second-order valence-corrected chi connectivity index (χ2v) is 6.90. The van der Waals surface area contributed by atoms with Gasteiger partial charge in [0.2, 0.25) is 11.8 Å². The molecule has 1 aliphatic rings. The average molecular weight is 338 g/mol. The van der Waals surface area contributed by atoms with Gasteiger partial charge in [-0.3, -0.25) is 14.4 Å². The fraction of sp³-hybridized carbons (Fsp3) is 0.600. The highest BCUT2D eigenvalue weighted by atomic mass is 32.1. The molecule has 1 aromatic heterocycles. The molecule has 0 spiro atoms. The van der Waals surface area contributed by atoms with Gasteiger partial charge in [0.25, 0.3) is 5.91 Å². The van der Waals surface area contributed by atoms with E-state index in [0.29, 0.717) is 41.6 Å². The minimum atomic E-state index is -0.122. The lowest BCUT2D eigenvalue weighted by Gasteiger charge is -2.30. The van der Waals surface area contributed by atoms with E-state index in [2.05, 4.69) is 10.3 Å². The Labute approximate surface area is 139 Å². The van der Waals surface area contributed by atoms with E-state index in [0.717, 1.165) is 0 Å². The molecule has 0 aliphatic carbocycles. The molecule has 2 rings (SSSR count). The van der Waals surface area contributed by atoms with Gasteiger partial charge < -0.3 is 15.1 Å². The van der Waals surface area contributed by atoms with Gasteiger partial charge in [0, 0.05) is 40.0 Å². The van der Waals surface area contributed by atoms with E-state index in [4.69, 9.17) is 0 Å². The molecule has 7 nitrogen and oxygen atoms in total. The molecule has 1 aliphatic heterocycles. The van der Waals surface area contributed by atoms with Gasteiger partial charge in [-0.15, -0.1) is 0 Å². The summed E-state index contributed by atoms with van der Waals surface area (Å²) in [5.41, 5.74) is 0.621. The molecule has 0 saturated carbocycles. The van der Waals surface area contributed by atoms with Crippen molar-refractivity contribution in [2.75, 3.05) is 32.5 Å². The van der Waals surface area contributed by atoms with Crippen LogP contribution in [0.15, 0.2) is 0 Å².